The summed E-state index contributed by atoms with van der Waals surface area (Å²) in [7, 11) is 0. The maximum Gasteiger partial charge on any atom is 0.289 e. The van der Waals surface area contributed by atoms with Crippen LogP contribution in [0, 0.1) is 6.92 Å². The first-order valence-electron chi connectivity index (χ1n) is 10.1. The minimum Gasteiger partial charge on any atom is -0.459 e. The van der Waals surface area contributed by atoms with E-state index in [1.807, 2.05) is 13.0 Å². The van der Waals surface area contributed by atoms with Crippen molar-refractivity contribution in [1.82, 2.24) is 14.9 Å². The van der Waals surface area contributed by atoms with Crippen molar-refractivity contribution in [2.75, 3.05) is 31.1 Å². The molecular formula is C22H22N4O3S. The van der Waals surface area contributed by atoms with Gasteiger partial charge in [0.25, 0.3) is 5.91 Å². The number of Topliss-reactive ketones (excluding diaryl/α,β-unsaturated/α-hetero) is 1. The van der Waals surface area contributed by atoms with E-state index in [-0.39, 0.29) is 17.6 Å². The van der Waals surface area contributed by atoms with Crippen LogP contribution in [0.2, 0.25) is 0 Å². The number of anilines is 1. The minimum atomic E-state index is -0.0911. The minimum absolute atomic E-state index is 0.0911. The highest BCUT2D eigenvalue weighted by molar-refractivity contribution is 7.10. The SMILES string of the molecule is Cc1nc(N2CCN(C(=O)c3ccco3)CC2)nc2c1C(=O)C[C@H](c1cccs1)C2. The van der Waals surface area contributed by atoms with Gasteiger partial charge in [-0.15, -0.1) is 11.3 Å². The van der Waals surface area contributed by atoms with E-state index in [1.54, 1.807) is 28.4 Å². The molecule has 5 rings (SSSR count). The van der Waals surface area contributed by atoms with Gasteiger partial charge in [0.05, 0.1) is 23.2 Å². The molecule has 3 aromatic heterocycles. The summed E-state index contributed by atoms with van der Waals surface area (Å²) in [4.78, 5) is 39.8. The van der Waals surface area contributed by atoms with E-state index >= 15 is 0 Å². The number of carbonyl (C=O) groups excluding carboxylic acids is 2. The fourth-order valence-corrected chi connectivity index (χ4v) is 5.12. The largest absolute Gasteiger partial charge is 0.459 e. The Morgan fingerprint density at radius 1 is 1.13 bits per heavy atom. The Labute approximate surface area is 178 Å². The number of amides is 1. The molecule has 4 heterocycles. The number of fused-ring (bicyclic) bond motifs is 1. The second-order valence-corrected chi connectivity index (χ2v) is 8.71. The molecular weight excluding hydrogens is 400 g/mol. The summed E-state index contributed by atoms with van der Waals surface area (Å²) in [5.74, 6) is 1.24. The number of thiophene rings is 1. The van der Waals surface area contributed by atoms with Gasteiger partial charge < -0.3 is 14.2 Å². The van der Waals surface area contributed by atoms with Crippen molar-refractivity contribution in [3.05, 3.63) is 63.5 Å². The first-order valence-corrected chi connectivity index (χ1v) is 11.0. The van der Waals surface area contributed by atoms with E-state index in [9.17, 15) is 9.59 Å². The molecule has 3 aromatic rings. The second-order valence-electron chi connectivity index (χ2n) is 7.73. The molecule has 0 N–H and O–H groups in total. The summed E-state index contributed by atoms with van der Waals surface area (Å²) in [6.45, 7) is 4.34. The van der Waals surface area contributed by atoms with Crippen molar-refractivity contribution < 1.29 is 14.0 Å². The molecule has 1 aliphatic carbocycles. The van der Waals surface area contributed by atoms with Crippen LogP contribution in [0.5, 0.6) is 0 Å². The molecule has 0 aromatic carbocycles. The zero-order chi connectivity index (χ0) is 20.7. The van der Waals surface area contributed by atoms with E-state index in [4.69, 9.17) is 9.40 Å². The summed E-state index contributed by atoms with van der Waals surface area (Å²) >= 11 is 1.69. The highest BCUT2D eigenvalue weighted by Gasteiger charge is 2.32. The van der Waals surface area contributed by atoms with Crippen LogP contribution in [0.15, 0.2) is 40.3 Å². The van der Waals surface area contributed by atoms with Gasteiger partial charge in [-0.05, 0) is 36.9 Å². The Balaban J connectivity index is 1.34. The third-order valence-electron chi connectivity index (χ3n) is 5.83. The predicted octanol–water partition coefficient (Wildman–Crippen LogP) is 3.31. The van der Waals surface area contributed by atoms with Gasteiger partial charge in [-0.25, -0.2) is 9.97 Å². The van der Waals surface area contributed by atoms with Crippen molar-refractivity contribution >= 4 is 29.0 Å². The third kappa shape index (κ3) is 3.41. The standard InChI is InChI=1S/C22H22N4O3S/c1-14-20-16(12-15(13-17(20)27)19-5-3-11-30-19)24-22(23-14)26-8-6-25(7-9-26)21(28)18-4-2-10-29-18/h2-5,10-11,15H,6-9,12-13H2,1H3/t15-/m1/s1. The molecule has 0 radical (unpaired) electrons. The van der Waals surface area contributed by atoms with Crippen molar-refractivity contribution in [2.45, 2.75) is 25.7 Å². The molecule has 0 bridgehead atoms. The van der Waals surface area contributed by atoms with Crippen LogP contribution >= 0.6 is 11.3 Å². The van der Waals surface area contributed by atoms with Crippen LogP contribution in [-0.4, -0.2) is 52.7 Å². The summed E-state index contributed by atoms with van der Waals surface area (Å²) in [6, 6.07) is 7.53. The molecule has 0 saturated carbocycles. The lowest BCUT2D eigenvalue weighted by Gasteiger charge is -2.35. The first kappa shape index (κ1) is 19.0. The number of carbonyl (C=O) groups is 2. The average Bonchev–Trinajstić information content (AvgIpc) is 3.47. The van der Waals surface area contributed by atoms with Crippen molar-refractivity contribution in [2.24, 2.45) is 0 Å². The van der Waals surface area contributed by atoms with Gasteiger partial charge in [0.1, 0.15) is 0 Å². The molecule has 2 aliphatic rings. The summed E-state index contributed by atoms with van der Waals surface area (Å²) < 4.78 is 5.23. The van der Waals surface area contributed by atoms with Crippen LogP contribution < -0.4 is 4.90 Å². The summed E-state index contributed by atoms with van der Waals surface area (Å²) in [6.07, 6.45) is 2.79. The Morgan fingerprint density at radius 3 is 2.67 bits per heavy atom. The van der Waals surface area contributed by atoms with E-state index in [1.165, 1.54) is 11.1 Å². The average molecular weight is 423 g/mol. The number of hydrogen-bond donors (Lipinski definition) is 0. The van der Waals surface area contributed by atoms with Gasteiger partial charge in [-0.2, -0.15) is 0 Å². The molecule has 7 nitrogen and oxygen atoms in total. The molecule has 154 valence electrons. The predicted molar refractivity (Wildman–Crippen MR) is 113 cm³/mol. The molecule has 8 heteroatoms. The number of rotatable bonds is 3. The van der Waals surface area contributed by atoms with E-state index in [0.29, 0.717) is 49.9 Å². The van der Waals surface area contributed by atoms with Gasteiger partial charge in [0, 0.05) is 43.4 Å². The number of nitrogens with zero attached hydrogens (tertiary/aromatic N) is 4. The maximum atomic E-state index is 12.8. The van der Waals surface area contributed by atoms with Gasteiger partial charge in [-0.3, -0.25) is 9.59 Å². The number of hydrogen-bond acceptors (Lipinski definition) is 7. The Bertz CT molecular complexity index is 1070. The zero-order valence-electron chi connectivity index (χ0n) is 16.7. The van der Waals surface area contributed by atoms with E-state index < -0.39 is 0 Å². The molecule has 0 spiro atoms. The van der Waals surface area contributed by atoms with Gasteiger partial charge >= 0.3 is 0 Å². The highest BCUT2D eigenvalue weighted by atomic mass is 32.1. The van der Waals surface area contributed by atoms with Gasteiger partial charge in [0.15, 0.2) is 11.5 Å². The lowest BCUT2D eigenvalue weighted by atomic mass is 9.84. The third-order valence-corrected chi connectivity index (χ3v) is 6.87. The topological polar surface area (TPSA) is 79.5 Å². The lowest BCUT2D eigenvalue weighted by Crippen LogP contribution is -2.49. The van der Waals surface area contributed by atoms with Crippen molar-refractivity contribution in [1.29, 1.82) is 0 Å². The number of piperazine rings is 1. The molecule has 1 saturated heterocycles. The normalized spacial score (nSPS) is 19.1. The quantitative estimate of drug-likeness (QED) is 0.644. The summed E-state index contributed by atoms with van der Waals surface area (Å²) in [5, 5.41) is 2.05. The Kier molecular flexibility index (Phi) is 4.86. The molecule has 1 atom stereocenters. The lowest BCUT2D eigenvalue weighted by molar-refractivity contribution is 0.0713. The fraction of sp³-hybridized carbons (Fsp3) is 0.364. The highest BCUT2D eigenvalue weighted by Crippen LogP contribution is 2.35. The van der Waals surface area contributed by atoms with Crippen LogP contribution in [-0.2, 0) is 6.42 Å². The smallest absolute Gasteiger partial charge is 0.289 e. The van der Waals surface area contributed by atoms with Gasteiger partial charge in [0.2, 0.25) is 5.95 Å². The van der Waals surface area contributed by atoms with Crippen LogP contribution in [0.4, 0.5) is 5.95 Å². The Hall–Kier alpha value is -3.00. The molecule has 1 fully saturated rings. The van der Waals surface area contributed by atoms with Crippen LogP contribution in [0.3, 0.4) is 0 Å². The maximum absolute atomic E-state index is 12.8. The summed E-state index contributed by atoms with van der Waals surface area (Å²) in [5.41, 5.74) is 2.29. The number of furan rings is 1. The monoisotopic (exact) mass is 422 g/mol. The molecule has 1 aliphatic heterocycles. The van der Waals surface area contributed by atoms with Gasteiger partial charge in [-0.1, -0.05) is 6.07 Å². The molecule has 0 unspecified atom stereocenters. The molecule has 30 heavy (non-hydrogen) atoms. The van der Waals surface area contributed by atoms with E-state index in [2.05, 4.69) is 21.3 Å². The number of aryl methyl sites for hydroxylation is 1. The number of aromatic nitrogens is 2. The number of ketones is 1. The Morgan fingerprint density at radius 2 is 1.97 bits per heavy atom. The second kappa shape index (κ2) is 7.68. The van der Waals surface area contributed by atoms with Crippen molar-refractivity contribution in [3.8, 4) is 0 Å². The van der Waals surface area contributed by atoms with Crippen molar-refractivity contribution in [3.63, 3.8) is 0 Å². The van der Waals surface area contributed by atoms with E-state index in [0.717, 1.165) is 17.8 Å². The first-order chi connectivity index (χ1) is 14.6. The van der Waals surface area contributed by atoms with Crippen LogP contribution in [0.1, 0.15) is 49.5 Å². The fourth-order valence-electron chi connectivity index (χ4n) is 4.29. The molecule has 1 amide bonds. The van der Waals surface area contributed by atoms with Crippen LogP contribution in [0.25, 0.3) is 0 Å². The zero-order valence-corrected chi connectivity index (χ0v) is 17.5.